The van der Waals surface area contributed by atoms with Crippen molar-refractivity contribution in [1.29, 1.82) is 0 Å². The van der Waals surface area contributed by atoms with Crippen LogP contribution in [0.3, 0.4) is 0 Å². The predicted octanol–water partition coefficient (Wildman–Crippen LogP) is 3.40. The molecule has 3 rings (SSSR count). The molecular formula is C18H21F2N3O2. The number of piperidine rings is 1. The first-order chi connectivity index (χ1) is 12.0. The van der Waals surface area contributed by atoms with Crippen LogP contribution in [-0.4, -0.2) is 45.5 Å². The number of aromatic amines is 1. The van der Waals surface area contributed by atoms with E-state index in [9.17, 15) is 18.7 Å². The maximum Gasteiger partial charge on any atom is 0.309 e. The predicted molar refractivity (Wildman–Crippen MR) is 89.2 cm³/mol. The number of nitrogens with one attached hydrogen (secondary N) is 1. The molecular weight excluding hydrogens is 328 g/mol. The van der Waals surface area contributed by atoms with Crippen LogP contribution < -0.4 is 0 Å². The molecule has 1 aromatic heterocycles. The van der Waals surface area contributed by atoms with Gasteiger partial charge in [-0.25, -0.2) is 13.8 Å². The third-order valence-corrected chi connectivity index (χ3v) is 4.88. The maximum atomic E-state index is 12.7. The van der Waals surface area contributed by atoms with Gasteiger partial charge in [-0.15, -0.1) is 0 Å². The molecule has 2 N–H and O–H groups in total. The lowest BCUT2D eigenvalue weighted by molar-refractivity contribution is -0.155. The Bertz CT molecular complexity index is 710. The molecule has 0 atom stereocenters. The van der Waals surface area contributed by atoms with E-state index in [0.29, 0.717) is 19.6 Å². The van der Waals surface area contributed by atoms with Gasteiger partial charge in [0.05, 0.1) is 5.41 Å². The Kier molecular flexibility index (Phi) is 5.13. The van der Waals surface area contributed by atoms with Gasteiger partial charge < -0.3 is 10.1 Å². The van der Waals surface area contributed by atoms with Crippen molar-refractivity contribution in [2.75, 3.05) is 13.1 Å². The molecule has 134 valence electrons. The van der Waals surface area contributed by atoms with Crippen LogP contribution in [0.4, 0.5) is 8.78 Å². The topological polar surface area (TPSA) is 69.2 Å². The van der Waals surface area contributed by atoms with Gasteiger partial charge in [0.25, 0.3) is 0 Å². The standard InChI is InChI=1S/C18H21F2N3O2/c19-15(20)10-18(17(24)25)6-8-23(9-7-18)12-14-11-21-16(22-14)13-4-2-1-3-5-13/h1-5,11,15H,6-10,12H2,(H,21,22)(H,24,25). The van der Waals surface area contributed by atoms with E-state index in [2.05, 4.69) is 14.9 Å². The largest absolute Gasteiger partial charge is 0.481 e. The number of likely N-dealkylation sites (tertiary alicyclic amines) is 1. The van der Waals surface area contributed by atoms with Crippen LogP contribution in [0.25, 0.3) is 11.4 Å². The highest BCUT2D eigenvalue weighted by atomic mass is 19.3. The quantitative estimate of drug-likeness (QED) is 0.839. The van der Waals surface area contributed by atoms with Gasteiger partial charge in [-0.05, 0) is 25.9 Å². The summed E-state index contributed by atoms with van der Waals surface area (Å²) in [6.45, 7) is 1.57. The monoisotopic (exact) mass is 349 g/mol. The summed E-state index contributed by atoms with van der Waals surface area (Å²) < 4.78 is 25.5. The summed E-state index contributed by atoms with van der Waals surface area (Å²) >= 11 is 0. The summed E-state index contributed by atoms with van der Waals surface area (Å²) in [6, 6.07) is 9.76. The number of carboxylic acids is 1. The number of imidazole rings is 1. The lowest BCUT2D eigenvalue weighted by Gasteiger charge is -2.38. The van der Waals surface area contributed by atoms with E-state index in [-0.39, 0.29) is 12.8 Å². The Labute approximate surface area is 144 Å². The Hall–Kier alpha value is -2.28. The molecule has 1 aromatic carbocycles. The smallest absolute Gasteiger partial charge is 0.309 e. The van der Waals surface area contributed by atoms with Crippen LogP contribution in [0.2, 0.25) is 0 Å². The minimum atomic E-state index is -2.59. The number of alkyl halides is 2. The van der Waals surface area contributed by atoms with Crippen LogP contribution in [0.1, 0.15) is 25.0 Å². The number of hydrogen-bond donors (Lipinski definition) is 2. The molecule has 0 spiro atoms. The second kappa shape index (κ2) is 7.31. The minimum Gasteiger partial charge on any atom is -0.481 e. The van der Waals surface area contributed by atoms with Gasteiger partial charge in [-0.3, -0.25) is 9.69 Å². The Morgan fingerprint density at radius 3 is 2.56 bits per heavy atom. The number of benzene rings is 1. The average molecular weight is 349 g/mol. The summed E-state index contributed by atoms with van der Waals surface area (Å²) in [5.41, 5.74) is 0.623. The highest BCUT2D eigenvalue weighted by molar-refractivity contribution is 5.74. The second-order valence-electron chi connectivity index (χ2n) is 6.58. The number of carbonyl (C=O) groups is 1. The first-order valence-electron chi connectivity index (χ1n) is 8.32. The zero-order valence-corrected chi connectivity index (χ0v) is 13.8. The molecule has 1 aliphatic heterocycles. The Morgan fingerprint density at radius 1 is 1.28 bits per heavy atom. The number of hydrogen-bond acceptors (Lipinski definition) is 3. The summed E-state index contributed by atoms with van der Waals surface area (Å²) in [5, 5.41) is 9.38. The van der Waals surface area contributed by atoms with Crippen LogP contribution in [0.15, 0.2) is 36.5 Å². The third kappa shape index (κ3) is 4.04. The van der Waals surface area contributed by atoms with Crippen molar-refractivity contribution in [3.63, 3.8) is 0 Å². The molecule has 7 heteroatoms. The summed E-state index contributed by atoms with van der Waals surface area (Å²) in [5.74, 6) is -0.328. The molecule has 1 saturated heterocycles. The minimum absolute atomic E-state index is 0.242. The lowest BCUT2D eigenvalue weighted by Crippen LogP contribution is -2.45. The number of halogens is 2. The highest BCUT2D eigenvalue weighted by Crippen LogP contribution is 2.37. The number of aromatic nitrogens is 2. The molecule has 0 saturated carbocycles. The van der Waals surface area contributed by atoms with Gasteiger partial charge in [0.15, 0.2) is 0 Å². The first kappa shape index (κ1) is 17.5. The van der Waals surface area contributed by atoms with Gasteiger partial charge in [0.2, 0.25) is 6.43 Å². The van der Waals surface area contributed by atoms with E-state index < -0.39 is 24.2 Å². The fourth-order valence-electron chi connectivity index (χ4n) is 3.36. The SMILES string of the molecule is O=C(O)C1(CC(F)F)CCN(Cc2cnc(-c3ccccc3)[nH]2)CC1. The Morgan fingerprint density at radius 2 is 1.96 bits per heavy atom. The normalized spacial score (nSPS) is 17.7. The molecule has 1 fully saturated rings. The summed E-state index contributed by atoms with van der Waals surface area (Å²) in [6.07, 6.45) is -0.916. The molecule has 25 heavy (non-hydrogen) atoms. The van der Waals surface area contributed by atoms with Crippen LogP contribution in [0, 0.1) is 5.41 Å². The lowest BCUT2D eigenvalue weighted by atomic mass is 9.76. The zero-order valence-electron chi connectivity index (χ0n) is 13.8. The molecule has 2 aromatic rings. The molecule has 0 bridgehead atoms. The Balaban J connectivity index is 1.61. The number of H-pyrrole nitrogens is 1. The number of carboxylic acid groups (broad SMARTS) is 1. The van der Waals surface area contributed by atoms with Crippen molar-refractivity contribution in [1.82, 2.24) is 14.9 Å². The number of aliphatic carboxylic acids is 1. The molecule has 2 heterocycles. The van der Waals surface area contributed by atoms with Crippen molar-refractivity contribution in [2.24, 2.45) is 5.41 Å². The van der Waals surface area contributed by atoms with E-state index in [0.717, 1.165) is 17.1 Å². The number of nitrogens with zero attached hydrogens (tertiary/aromatic N) is 2. The van der Waals surface area contributed by atoms with Gasteiger partial charge >= 0.3 is 5.97 Å². The highest BCUT2D eigenvalue weighted by Gasteiger charge is 2.43. The summed E-state index contributed by atoms with van der Waals surface area (Å²) in [4.78, 5) is 21.2. The summed E-state index contributed by atoms with van der Waals surface area (Å²) in [7, 11) is 0. The van der Waals surface area contributed by atoms with Gasteiger partial charge in [0.1, 0.15) is 5.82 Å². The average Bonchev–Trinajstić information content (AvgIpc) is 3.05. The van der Waals surface area contributed by atoms with Gasteiger partial charge in [-0.1, -0.05) is 30.3 Å². The van der Waals surface area contributed by atoms with Crippen molar-refractivity contribution in [3.8, 4) is 11.4 Å². The van der Waals surface area contributed by atoms with Crippen molar-refractivity contribution >= 4 is 5.97 Å². The second-order valence-corrected chi connectivity index (χ2v) is 6.58. The molecule has 1 aliphatic rings. The van der Waals surface area contributed by atoms with Crippen LogP contribution in [0.5, 0.6) is 0 Å². The zero-order chi connectivity index (χ0) is 17.9. The van der Waals surface area contributed by atoms with Crippen molar-refractivity contribution < 1.29 is 18.7 Å². The van der Waals surface area contributed by atoms with Crippen LogP contribution >= 0.6 is 0 Å². The van der Waals surface area contributed by atoms with E-state index in [1.807, 2.05) is 30.3 Å². The molecule has 5 nitrogen and oxygen atoms in total. The molecule has 0 amide bonds. The van der Waals surface area contributed by atoms with Crippen LogP contribution in [-0.2, 0) is 11.3 Å². The number of rotatable bonds is 6. The van der Waals surface area contributed by atoms with E-state index in [4.69, 9.17) is 0 Å². The van der Waals surface area contributed by atoms with Gasteiger partial charge in [0, 0.05) is 30.4 Å². The van der Waals surface area contributed by atoms with E-state index in [1.165, 1.54) is 0 Å². The molecule has 0 unspecified atom stereocenters. The third-order valence-electron chi connectivity index (χ3n) is 4.88. The maximum absolute atomic E-state index is 12.7. The fourth-order valence-corrected chi connectivity index (χ4v) is 3.36. The van der Waals surface area contributed by atoms with E-state index in [1.54, 1.807) is 6.20 Å². The van der Waals surface area contributed by atoms with Crippen molar-refractivity contribution in [2.45, 2.75) is 32.2 Å². The first-order valence-corrected chi connectivity index (χ1v) is 8.32. The molecule has 0 aliphatic carbocycles. The van der Waals surface area contributed by atoms with Crippen molar-refractivity contribution in [3.05, 3.63) is 42.2 Å². The van der Waals surface area contributed by atoms with Gasteiger partial charge in [-0.2, -0.15) is 0 Å². The fraction of sp³-hybridized carbons (Fsp3) is 0.444. The van der Waals surface area contributed by atoms with E-state index >= 15 is 0 Å². The molecule has 0 radical (unpaired) electrons.